The molecule has 0 saturated heterocycles. The molecule has 0 radical (unpaired) electrons. The van der Waals surface area contributed by atoms with Crippen molar-refractivity contribution in [1.82, 2.24) is 0 Å². The Morgan fingerprint density at radius 2 is 2.08 bits per heavy atom. The monoisotopic (exact) mass is 176 g/mol. The van der Waals surface area contributed by atoms with E-state index in [1.165, 1.54) is 6.07 Å². The fourth-order valence-electron chi connectivity index (χ4n) is 1.74. The number of allylic oxidation sites excluding steroid dienone is 2. The van der Waals surface area contributed by atoms with E-state index in [2.05, 4.69) is 12.2 Å². The van der Waals surface area contributed by atoms with Crippen LogP contribution in [0, 0.1) is 0 Å². The fraction of sp³-hybridized carbons (Fsp3) is 0.273. The zero-order valence-corrected chi connectivity index (χ0v) is 7.27. The van der Waals surface area contributed by atoms with Crippen LogP contribution in [-0.4, -0.2) is 10.2 Å². The van der Waals surface area contributed by atoms with E-state index in [1.807, 2.05) is 6.07 Å². The predicted octanol–water partition coefficient (Wildman–Crippen LogP) is 2.53. The second kappa shape index (κ2) is 3.13. The molecule has 0 aliphatic heterocycles. The largest absolute Gasteiger partial charge is 0.504 e. The highest BCUT2D eigenvalue weighted by Gasteiger charge is 2.16. The summed E-state index contributed by atoms with van der Waals surface area (Å²) in [6.45, 7) is 0. The van der Waals surface area contributed by atoms with Crippen LogP contribution in [0.4, 0.5) is 0 Å². The number of hydrogen-bond acceptors (Lipinski definition) is 2. The van der Waals surface area contributed by atoms with Gasteiger partial charge in [0.15, 0.2) is 11.5 Å². The lowest BCUT2D eigenvalue weighted by atomic mass is 9.97. The Hall–Kier alpha value is -1.44. The second-order valence-electron chi connectivity index (χ2n) is 3.33. The standard InChI is InChI=1S/C11H12O2/c12-10-7-3-6-9(11(10)13)8-4-1-2-5-8/h1,3-4,6-8,12-13H,2,5H2. The first-order valence-corrected chi connectivity index (χ1v) is 4.46. The molecular weight excluding hydrogens is 164 g/mol. The van der Waals surface area contributed by atoms with E-state index in [0.717, 1.165) is 18.4 Å². The molecular formula is C11H12O2. The molecule has 0 heterocycles. The molecule has 1 aromatic carbocycles. The van der Waals surface area contributed by atoms with Gasteiger partial charge in [-0.25, -0.2) is 0 Å². The topological polar surface area (TPSA) is 40.5 Å². The summed E-state index contributed by atoms with van der Waals surface area (Å²) in [4.78, 5) is 0. The quantitative estimate of drug-likeness (QED) is 0.510. The van der Waals surface area contributed by atoms with Gasteiger partial charge in [-0.15, -0.1) is 0 Å². The average molecular weight is 176 g/mol. The number of phenols is 2. The van der Waals surface area contributed by atoms with Crippen LogP contribution in [0.3, 0.4) is 0 Å². The van der Waals surface area contributed by atoms with Crippen molar-refractivity contribution >= 4 is 0 Å². The summed E-state index contributed by atoms with van der Waals surface area (Å²) in [5.41, 5.74) is 0.828. The maximum absolute atomic E-state index is 9.57. The highest BCUT2D eigenvalue weighted by Crippen LogP contribution is 2.38. The molecule has 2 rings (SSSR count). The van der Waals surface area contributed by atoms with Gasteiger partial charge in [-0.1, -0.05) is 24.3 Å². The van der Waals surface area contributed by atoms with Crippen molar-refractivity contribution < 1.29 is 10.2 Å². The van der Waals surface area contributed by atoms with Gasteiger partial charge >= 0.3 is 0 Å². The summed E-state index contributed by atoms with van der Waals surface area (Å²) in [6.07, 6.45) is 6.26. The zero-order valence-electron chi connectivity index (χ0n) is 7.27. The summed E-state index contributed by atoms with van der Waals surface area (Å²) in [7, 11) is 0. The Morgan fingerprint density at radius 1 is 1.23 bits per heavy atom. The first-order valence-electron chi connectivity index (χ1n) is 4.46. The molecule has 0 amide bonds. The number of aromatic hydroxyl groups is 2. The Balaban J connectivity index is 2.39. The van der Waals surface area contributed by atoms with E-state index in [1.54, 1.807) is 6.07 Å². The first-order chi connectivity index (χ1) is 6.29. The van der Waals surface area contributed by atoms with Gasteiger partial charge in [0, 0.05) is 11.5 Å². The van der Waals surface area contributed by atoms with Crippen LogP contribution in [0.25, 0.3) is 0 Å². The molecule has 0 fully saturated rings. The summed E-state index contributed by atoms with van der Waals surface area (Å²) >= 11 is 0. The molecule has 2 N–H and O–H groups in total. The molecule has 0 spiro atoms. The van der Waals surface area contributed by atoms with Gasteiger partial charge in [0.1, 0.15) is 0 Å². The Labute approximate surface area is 77.1 Å². The number of hydrogen-bond donors (Lipinski definition) is 2. The molecule has 1 aromatic rings. The molecule has 1 unspecified atom stereocenters. The van der Waals surface area contributed by atoms with Crippen molar-refractivity contribution in [3.05, 3.63) is 35.9 Å². The maximum Gasteiger partial charge on any atom is 0.161 e. The first kappa shape index (κ1) is 8.17. The molecule has 2 heteroatoms. The van der Waals surface area contributed by atoms with Crippen LogP contribution in [0.1, 0.15) is 24.3 Å². The molecule has 0 saturated carbocycles. The van der Waals surface area contributed by atoms with Crippen LogP contribution in [0.15, 0.2) is 30.4 Å². The van der Waals surface area contributed by atoms with Gasteiger partial charge in [0.2, 0.25) is 0 Å². The van der Waals surface area contributed by atoms with E-state index in [-0.39, 0.29) is 17.4 Å². The van der Waals surface area contributed by atoms with E-state index < -0.39 is 0 Å². The molecule has 0 aromatic heterocycles. The van der Waals surface area contributed by atoms with Gasteiger partial charge in [0.05, 0.1) is 0 Å². The third kappa shape index (κ3) is 1.39. The van der Waals surface area contributed by atoms with Crippen molar-refractivity contribution in [2.45, 2.75) is 18.8 Å². The molecule has 13 heavy (non-hydrogen) atoms. The van der Waals surface area contributed by atoms with E-state index >= 15 is 0 Å². The van der Waals surface area contributed by atoms with Crippen molar-refractivity contribution in [2.24, 2.45) is 0 Å². The summed E-state index contributed by atoms with van der Waals surface area (Å²) in [5.74, 6) is 0.268. The van der Waals surface area contributed by atoms with Gasteiger partial charge < -0.3 is 10.2 Å². The Kier molecular flexibility index (Phi) is 1.97. The number of phenolic OH excluding ortho intramolecular Hbond substituents is 2. The van der Waals surface area contributed by atoms with Gasteiger partial charge in [-0.3, -0.25) is 0 Å². The summed E-state index contributed by atoms with van der Waals surface area (Å²) < 4.78 is 0. The van der Waals surface area contributed by atoms with Gasteiger partial charge in [0.25, 0.3) is 0 Å². The van der Waals surface area contributed by atoms with Crippen molar-refractivity contribution in [2.75, 3.05) is 0 Å². The van der Waals surface area contributed by atoms with Crippen molar-refractivity contribution in [3.63, 3.8) is 0 Å². The van der Waals surface area contributed by atoms with Crippen molar-refractivity contribution in [1.29, 1.82) is 0 Å². The van der Waals surface area contributed by atoms with Crippen LogP contribution >= 0.6 is 0 Å². The lowest BCUT2D eigenvalue weighted by Gasteiger charge is -2.10. The predicted molar refractivity (Wildman–Crippen MR) is 50.9 cm³/mol. The van der Waals surface area contributed by atoms with Crippen LogP contribution in [0.2, 0.25) is 0 Å². The minimum Gasteiger partial charge on any atom is -0.504 e. The zero-order chi connectivity index (χ0) is 9.26. The molecule has 1 aliphatic rings. The van der Waals surface area contributed by atoms with E-state index in [4.69, 9.17) is 0 Å². The molecule has 2 nitrogen and oxygen atoms in total. The van der Waals surface area contributed by atoms with Gasteiger partial charge in [-0.2, -0.15) is 0 Å². The lowest BCUT2D eigenvalue weighted by Crippen LogP contribution is -1.91. The third-order valence-electron chi connectivity index (χ3n) is 2.46. The minimum absolute atomic E-state index is 0.0269. The molecule has 1 aliphatic carbocycles. The molecule has 1 atom stereocenters. The fourth-order valence-corrected chi connectivity index (χ4v) is 1.74. The lowest BCUT2D eigenvalue weighted by molar-refractivity contribution is 0.397. The minimum atomic E-state index is -0.0298. The second-order valence-corrected chi connectivity index (χ2v) is 3.33. The highest BCUT2D eigenvalue weighted by atomic mass is 16.3. The summed E-state index contributed by atoms with van der Waals surface area (Å²) in [5, 5.41) is 18.9. The average Bonchev–Trinajstić information content (AvgIpc) is 2.62. The number of rotatable bonds is 1. The normalized spacial score (nSPS) is 20.8. The SMILES string of the molecule is Oc1cccc(C2C=CCC2)c1O. The van der Waals surface area contributed by atoms with Crippen molar-refractivity contribution in [3.8, 4) is 11.5 Å². The molecule has 68 valence electrons. The smallest absolute Gasteiger partial charge is 0.161 e. The van der Waals surface area contributed by atoms with E-state index in [0.29, 0.717) is 0 Å². The van der Waals surface area contributed by atoms with Crippen LogP contribution < -0.4 is 0 Å². The molecule has 0 bridgehead atoms. The third-order valence-corrected chi connectivity index (χ3v) is 2.46. The number of benzene rings is 1. The Morgan fingerprint density at radius 3 is 2.77 bits per heavy atom. The van der Waals surface area contributed by atoms with Gasteiger partial charge in [-0.05, 0) is 18.9 Å². The van der Waals surface area contributed by atoms with Crippen LogP contribution in [0.5, 0.6) is 11.5 Å². The number of para-hydroxylation sites is 1. The van der Waals surface area contributed by atoms with Crippen LogP contribution in [-0.2, 0) is 0 Å². The maximum atomic E-state index is 9.57. The summed E-state index contributed by atoms with van der Waals surface area (Å²) in [6, 6.07) is 5.11. The highest BCUT2D eigenvalue weighted by molar-refractivity contribution is 5.47. The Bertz CT molecular complexity index is 342. The van der Waals surface area contributed by atoms with E-state index in [9.17, 15) is 10.2 Å².